The van der Waals surface area contributed by atoms with Gasteiger partial charge in [0.05, 0.1) is 11.4 Å². The summed E-state index contributed by atoms with van der Waals surface area (Å²) >= 11 is 5.03. The zero-order valence-electron chi connectivity index (χ0n) is 7.58. The summed E-state index contributed by atoms with van der Waals surface area (Å²) < 4.78 is 6.44. The van der Waals surface area contributed by atoms with E-state index in [0.717, 1.165) is 27.2 Å². The smallest absolute Gasteiger partial charge is 0.205 e. The Morgan fingerprint density at radius 3 is 3.07 bits per heavy atom. The minimum Gasteiger partial charge on any atom is -0.440 e. The van der Waals surface area contributed by atoms with Gasteiger partial charge in [-0.25, -0.2) is 4.98 Å². The molecular weight excluding hydrogens is 264 g/mol. The lowest BCUT2D eigenvalue weighted by molar-refractivity contribution is 0.556. The molecule has 2 aromatic rings. The van der Waals surface area contributed by atoms with Crippen LogP contribution in [0.2, 0.25) is 0 Å². The molecule has 0 aliphatic rings. The second kappa shape index (κ2) is 3.82. The first kappa shape index (κ1) is 9.86. The number of aromatic nitrogens is 1. The maximum Gasteiger partial charge on any atom is 0.205 e. The lowest BCUT2D eigenvalue weighted by Gasteiger charge is -1.93. The lowest BCUT2D eigenvalue weighted by atomic mass is 10.3. The van der Waals surface area contributed by atoms with Gasteiger partial charge in [0, 0.05) is 4.47 Å². The number of hydrogen-bond acceptors (Lipinski definition) is 4. The van der Waals surface area contributed by atoms with E-state index in [1.807, 2.05) is 18.4 Å². The number of fused-ring (bicyclic) bond motifs is 1. The Bertz CT molecular complexity index is 469. The van der Waals surface area contributed by atoms with Gasteiger partial charge < -0.3 is 10.2 Å². The average Bonchev–Trinajstić information content (AvgIpc) is 2.48. The van der Waals surface area contributed by atoms with E-state index in [2.05, 4.69) is 20.9 Å². The molecule has 0 aliphatic carbocycles. The molecule has 0 saturated heterocycles. The van der Waals surface area contributed by atoms with Crippen molar-refractivity contribution in [1.29, 1.82) is 0 Å². The monoisotopic (exact) mass is 272 g/mol. The first-order valence-corrected chi connectivity index (χ1v) is 6.23. The molecular formula is C9H9BrN2OS. The van der Waals surface area contributed by atoms with E-state index in [-0.39, 0.29) is 0 Å². The van der Waals surface area contributed by atoms with Crippen LogP contribution < -0.4 is 5.73 Å². The maximum atomic E-state index is 5.81. The van der Waals surface area contributed by atoms with Crippen molar-refractivity contribution in [2.75, 3.05) is 12.0 Å². The summed E-state index contributed by atoms with van der Waals surface area (Å²) in [7, 11) is 0. The maximum absolute atomic E-state index is 5.81. The highest BCUT2D eigenvalue weighted by atomic mass is 79.9. The van der Waals surface area contributed by atoms with Crippen LogP contribution >= 0.6 is 27.7 Å². The molecule has 0 radical (unpaired) electrons. The first-order valence-electron chi connectivity index (χ1n) is 4.04. The summed E-state index contributed by atoms with van der Waals surface area (Å²) in [5.74, 6) is 1.49. The van der Waals surface area contributed by atoms with Crippen LogP contribution in [0.3, 0.4) is 0 Å². The summed E-state index contributed by atoms with van der Waals surface area (Å²) in [6.07, 6.45) is 2.01. The fourth-order valence-corrected chi connectivity index (χ4v) is 2.08. The summed E-state index contributed by atoms with van der Waals surface area (Å²) in [6.45, 7) is 0. The number of nitrogen functional groups attached to an aromatic ring is 1. The molecule has 74 valence electrons. The van der Waals surface area contributed by atoms with Crippen molar-refractivity contribution in [3.05, 3.63) is 22.5 Å². The molecule has 0 fully saturated rings. The summed E-state index contributed by atoms with van der Waals surface area (Å²) in [5.41, 5.74) is 7.94. The quantitative estimate of drug-likeness (QED) is 0.854. The van der Waals surface area contributed by atoms with Crippen LogP contribution in [-0.2, 0) is 5.75 Å². The van der Waals surface area contributed by atoms with E-state index in [0.29, 0.717) is 5.69 Å². The molecule has 1 aromatic heterocycles. The van der Waals surface area contributed by atoms with Crippen molar-refractivity contribution in [2.24, 2.45) is 0 Å². The molecule has 0 saturated carbocycles. The van der Waals surface area contributed by atoms with Crippen LogP contribution in [-0.4, -0.2) is 11.2 Å². The minimum atomic E-state index is 0.644. The third kappa shape index (κ3) is 1.74. The lowest BCUT2D eigenvalue weighted by Crippen LogP contribution is -1.86. The molecule has 0 atom stereocenters. The van der Waals surface area contributed by atoms with Gasteiger partial charge in [-0.2, -0.15) is 11.8 Å². The van der Waals surface area contributed by atoms with Crippen molar-refractivity contribution in [1.82, 2.24) is 4.98 Å². The predicted octanol–water partition coefficient (Wildman–Crippen LogP) is 3.04. The van der Waals surface area contributed by atoms with Gasteiger partial charge in [-0.3, -0.25) is 0 Å². The summed E-state index contributed by atoms with van der Waals surface area (Å²) in [6, 6.07) is 3.70. The molecule has 2 rings (SSSR count). The Hall–Kier alpha value is -0.680. The Kier molecular flexibility index (Phi) is 2.69. The Balaban J connectivity index is 2.58. The number of halogens is 1. The van der Waals surface area contributed by atoms with E-state index < -0.39 is 0 Å². The molecule has 3 nitrogen and oxygen atoms in total. The van der Waals surface area contributed by atoms with E-state index >= 15 is 0 Å². The van der Waals surface area contributed by atoms with Gasteiger partial charge >= 0.3 is 0 Å². The van der Waals surface area contributed by atoms with E-state index in [4.69, 9.17) is 10.2 Å². The Morgan fingerprint density at radius 1 is 1.57 bits per heavy atom. The molecule has 0 amide bonds. The fraction of sp³-hybridized carbons (Fsp3) is 0.222. The molecule has 2 N–H and O–H groups in total. The normalized spacial score (nSPS) is 11.0. The molecule has 0 spiro atoms. The number of hydrogen-bond donors (Lipinski definition) is 1. The van der Waals surface area contributed by atoms with Gasteiger partial charge in [0.25, 0.3) is 0 Å². The SMILES string of the molecule is CSCc1nc2c(N)cc(Br)cc2o1. The standard InChI is InChI=1S/C9H9BrN2OS/c1-14-4-8-12-9-6(11)2-5(10)3-7(9)13-8/h2-3H,4,11H2,1H3. The van der Waals surface area contributed by atoms with Gasteiger partial charge in [-0.1, -0.05) is 15.9 Å². The van der Waals surface area contributed by atoms with E-state index in [1.54, 1.807) is 11.8 Å². The minimum absolute atomic E-state index is 0.644. The van der Waals surface area contributed by atoms with Crippen molar-refractivity contribution in [3.8, 4) is 0 Å². The van der Waals surface area contributed by atoms with E-state index in [1.165, 1.54) is 0 Å². The van der Waals surface area contributed by atoms with Crippen LogP contribution in [0, 0.1) is 0 Å². The molecule has 5 heteroatoms. The number of anilines is 1. The van der Waals surface area contributed by atoms with Crippen LogP contribution in [0.15, 0.2) is 21.0 Å². The zero-order valence-corrected chi connectivity index (χ0v) is 9.98. The van der Waals surface area contributed by atoms with Crippen LogP contribution in [0.5, 0.6) is 0 Å². The van der Waals surface area contributed by atoms with E-state index in [9.17, 15) is 0 Å². The van der Waals surface area contributed by atoms with Crippen molar-refractivity contribution < 1.29 is 4.42 Å². The van der Waals surface area contributed by atoms with Gasteiger partial charge in [0.1, 0.15) is 5.52 Å². The summed E-state index contributed by atoms with van der Waals surface area (Å²) in [5, 5.41) is 0. The number of oxazole rings is 1. The number of nitrogens with two attached hydrogens (primary N) is 1. The summed E-state index contributed by atoms with van der Waals surface area (Å²) in [4.78, 5) is 4.31. The number of thioether (sulfide) groups is 1. The fourth-order valence-electron chi connectivity index (χ4n) is 1.25. The Morgan fingerprint density at radius 2 is 2.36 bits per heavy atom. The number of rotatable bonds is 2. The van der Waals surface area contributed by atoms with Crippen LogP contribution in [0.25, 0.3) is 11.1 Å². The molecule has 0 aliphatic heterocycles. The molecule has 0 bridgehead atoms. The van der Waals surface area contributed by atoms with Crippen molar-refractivity contribution >= 4 is 44.5 Å². The van der Waals surface area contributed by atoms with Gasteiger partial charge in [0.2, 0.25) is 5.89 Å². The second-order valence-electron chi connectivity index (χ2n) is 2.88. The van der Waals surface area contributed by atoms with Gasteiger partial charge in [-0.05, 0) is 18.4 Å². The topological polar surface area (TPSA) is 52.0 Å². The van der Waals surface area contributed by atoms with Crippen molar-refractivity contribution in [2.45, 2.75) is 5.75 Å². The Labute approximate surface area is 94.2 Å². The number of nitrogens with zero attached hydrogens (tertiary/aromatic N) is 1. The molecule has 14 heavy (non-hydrogen) atoms. The highest BCUT2D eigenvalue weighted by molar-refractivity contribution is 9.10. The second-order valence-corrected chi connectivity index (χ2v) is 4.66. The van der Waals surface area contributed by atoms with Crippen LogP contribution in [0.1, 0.15) is 5.89 Å². The predicted molar refractivity (Wildman–Crippen MR) is 63.3 cm³/mol. The number of benzene rings is 1. The third-order valence-electron chi connectivity index (χ3n) is 1.80. The molecule has 1 aromatic carbocycles. The third-order valence-corrected chi connectivity index (χ3v) is 2.79. The largest absolute Gasteiger partial charge is 0.440 e. The van der Waals surface area contributed by atoms with Gasteiger partial charge in [-0.15, -0.1) is 0 Å². The first-order chi connectivity index (χ1) is 6.70. The average molecular weight is 273 g/mol. The van der Waals surface area contributed by atoms with Crippen molar-refractivity contribution in [3.63, 3.8) is 0 Å². The van der Waals surface area contributed by atoms with Gasteiger partial charge in [0.15, 0.2) is 5.58 Å². The molecule has 1 heterocycles. The van der Waals surface area contributed by atoms with Crippen LogP contribution in [0.4, 0.5) is 5.69 Å². The highest BCUT2D eigenvalue weighted by Crippen LogP contribution is 2.27. The highest BCUT2D eigenvalue weighted by Gasteiger charge is 2.08. The molecule has 0 unspecified atom stereocenters. The zero-order chi connectivity index (χ0) is 10.1.